The summed E-state index contributed by atoms with van der Waals surface area (Å²) in [5, 5.41) is 11.0. The van der Waals surface area contributed by atoms with Crippen molar-refractivity contribution < 1.29 is 18.1 Å². The minimum Gasteiger partial charge on any atom is -0.372 e. The number of fused-ring (bicyclic) bond motifs is 5. The van der Waals surface area contributed by atoms with Gasteiger partial charge in [-0.2, -0.15) is 8.42 Å². The average Bonchev–Trinajstić information content (AvgIpc) is 2.88. The van der Waals surface area contributed by atoms with Crippen molar-refractivity contribution in [3.63, 3.8) is 0 Å². The van der Waals surface area contributed by atoms with Crippen LogP contribution in [0.5, 0.6) is 0 Å². The molecule has 0 spiro atoms. The van der Waals surface area contributed by atoms with Gasteiger partial charge >= 0.3 is 0 Å². The summed E-state index contributed by atoms with van der Waals surface area (Å²) in [5.41, 5.74) is 0.429. The summed E-state index contributed by atoms with van der Waals surface area (Å²) < 4.78 is 33.9. The lowest BCUT2D eigenvalue weighted by molar-refractivity contribution is -0.118. The topological polar surface area (TPSA) is 74.6 Å². The Bertz CT molecular complexity index is 588. The molecule has 132 valence electrons. The molecule has 0 saturated heterocycles. The lowest BCUT2D eigenvalue weighted by Gasteiger charge is -2.57. The van der Waals surface area contributed by atoms with E-state index >= 15 is 0 Å². The van der Waals surface area contributed by atoms with Crippen LogP contribution in [0.25, 0.3) is 0 Å². The molecule has 4 nitrogen and oxygen atoms in total. The van der Waals surface area contributed by atoms with E-state index in [-0.39, 0.29) is 24.2 Å². The number of hydrogen-bond acceptors (Lipinski definition) is 3. The Kier molecular flexibility index (Phi) is 3.68. The van der Waals surface area contributed by atoms with Gasteiger partial charge in [0, 0.05) is 5.92 Å². The van der Waals surface area contributed by atoms with Gasteiger partial charge in [0.2, 0.25) is 0 Å². The Morgan fingerprint density at radius 1 is 0.913 bits per heavy atom. The van der Waals surface area contributed by atoms with Crippen LogP contribution in [0.1, 0.15) is 71.1 Å². The molecule has 0 aromatic heterocycles. The van der Waals surface area contributed by atoms with Crippen LogP contribution in [0.2, 0.25) is 0 Å². The van der Waals surface area contributed by atoms with Gasteiger partial charge in [-0.25, -0.2) is 0 Å². The molecule has 7 atom stereocenters. The lowest BCUT2D eigenvalue weighted by Crippen LogP contribution is -2.58. The van der Waals surface area contributed by atoms with Crippen LogP contribution in [0.15, 0.2) is 0 Å². The molecular weight excluding hydrogens is 312 g/mol. The van der Waals surface area contributed by atoms with Gasteiger partial charge in [-0.1, -0.05) is 13.3 Å². The normalized spacial score (nSPS) is 53.3. The smallest absolute Gasteiger partial charge is 0.295 e. The first-order valence-electron chi connectivity index (χ1n) is 9.46. The third-order valence-corrected chi connectivity index (χ3v) is 9.56. The Morgan fingerprint density at radius 3 is 2.39 bits per heavy atom. The van der Waals surface area contributed by atoms with Crippen molar-refractivity contribution in [3.05, 3.63) is 0 Å². The van der Waals surface area contributed by atoms with E-state index in [1.165, 1.54) is 25.7 Å². The van der Waals surface area contributed by atoms with Crippen LogP contribution in [-0.2, 0) is 10.1 Å². The van der Waals surface area contributed by atoms with Gasteiger partial charge < -0.3 is 5.11 Å². The summed E-state index contributed by atoms with van der Waals surface area (Å²) in [5.74, 6) is 1.52. The van der Waals surface area contributed by atoms with Crippen LogP contribution in [0, 0.1) is 35.0 Å². The molecule has 4 aliphatic rings. The molecule has 0 aliphatic heterocycles. The Hall–Kier alpha value is -0.130. The molecule has 0 aromatic carbocycles. The zero-order chi connectivity index (χ0) is 16.5. The summed E-state index contributed by atoms with van der Waals surface area (Å²) in [4.78, 5) is -1.90. The van der Waals surface area contributed by atoms with E-state index in [4.69, 9.17) is 0 Å². The van der Waals surface area contributed by atoms with E-state index in [9.17, 15) is 18.1 Å². The standard InChI is InChI=1S/C18H30O4S/c1-17-9-3-5-15(17)13-7-6-12-4-2-10-18(19,23(20,21)22)16(12)14(13)8-11-17/h12-16,19H,2-11H2,1H3,(H,20,21,22)/t12?,13-,14+,15+,16+,17+,18?/m1/s1. The van der Waals surface area contributed by atoms with Crippen molar-refractivity contribution in [2.75, 3.05) is 0 Å². The third-order valence-electron chi connectivity index (χ3n) is 8.19. The first-order chi connectivity index (χ1) is 10.8. The second kappa shape index (κ2) is 5.18. The molecule has 4 aliphatic carbocycles. The van der Waals surface area contributed by atoms with Crippen molar-refractivity contribution >= 4 is 10.1 Å². The summed E-state index contributed by atoms with van der Waals surface area (Å²) in [6, 6.07) is 0. The van der Waals surface area contributed by atoms with Gasteiger partial charge in [-0.3, -0.25) is 4.55 Å². The van der Waals surface area contributed by atoms with Crippen LogP contribution < -0.4 is 0 Å². The van der Waals surface area contributed by atoms with Crippen molar-refractivity contribution in [3.8, 4) is 0 Å². The Morgan fingerprint density at radius 2 is 1.65 bits per heavy atom. The second-order valence-corrected chi connectivity index (χ2v) is 10.8. The SMILES string of the molecule is C[C@@]12CCC[C@H]1[C@@H]1CCC3CCCC(O)(S(=O)(=O)O)[C@@H]3[C@H]1CC2. The summed E-state index contributed by atoms with van der Waals surface area (Å²) >= 11 is 0. The first-order valence-corrected chi connectivity index (χ1v) is 10.9. The van der Waals surface area contributed by atoms with Gasteiger partial charge in [0.1, 0.15) is 0 Å². The van der Waals surface area contributed by atoms with Crippen LogP contribution in [-0.4, -0.2) is 23.0 Å². The van der Waals surface area contributed by atoms with Gasteiger partial charge in [0.25, 0.3) is 10.1 Å². The van der Waals surface area contributed by atoms with E-state index in [0.717, 1.165) is 25.7 Å². The van der Waals surface area contributed by atoms with E-state index in [0.29, 0.717) is 23.7 Å². The maximum Gasteiger partial charge on any atom is 0.295 e. The molecule has 23 heavy (non-hydrogen) atoms. The molecule has 2 N–H and O–H groups in total. The fourth-order valence-corrected chi connectivity index (χ4v) is 8.33. The fourth-order valence-electron chi connectivity index (χ4n) is 7.22. The molecule has 2 unspecified atom stereocenters. The highest BCUT2D eigenvalue weighted by Crippen LogP contribution is 2.64. The minimum atomic E-state index is -4.43. The molecule has 5 heteroatoms. The van der Waals surface area contributed by atoms with Crippen molar-refractivity contribution in [2.24, 2.45) is 35.0 Å². The highest BCUT2D eigenvalue weighted by molar-refractivity contribution is 7.87. The lowest BCUT2D eigenvalue weighted by atomic mass is 9.50. The second-order valence-electron chi connectivity index (χ2n) is 9.09. The van der Waals surface area contributed by atoms with Gasteiger partial charge in [0.15, 0.2) is 4.93 Å². The Balaban J connectivity index is 1.71. The zero-order valence-electron chi connectivity index (χ0n) is 14.1. The molecule has 4 fully saturated rings. The predicted octanol–water partition coefficient (Wildman–Crippen LogP) is 3.61. The third kappa shape index (κ3) is 2.26. The monoisotopic (exact) mass is 342 g/mol. The largest absolute Gasteiger partial charge is 0.372 e. The van der Waals surface area contributed by atoms with Crippen molar-refractivity contribution in [2.45, 2.75) is 76.1 Å². The van der Waals surface area contributed by atoms with Gasteiger partial charge in [-0.15, -0.1) is 0 Å². The maximum atomic E-state index is 12.0. The first kappa shape index (κ1) is 16.3. The van der Waals surface area contributed by atoms with Crippen molar-refractivity contribution in [1.82, 2.24) is 0 Å². The van der Waals surface area contributed by atoms with E-state index in [1.54, 1.807) is 0 Å². The molecule has 0 amide bonds. The molecule has 0 heterocycles. The van der Waals surface area contributed by atoms with E-state index < -0.39 is 15.1 Å². The van der Waals surface area contributed by atoms with Gasteiger partial charge in [-0.05, 0) is 86.9 Å². The molecule has 0 radical (unpaired) electrons. The zero-order valence-corrected chi connectivity index (χ0v) is 14.9. The van der Waals surface area contributed by atoms with Gasteiger partial charge in [0.05, 0.1) is 0 Å². The molecule has 4 rings (SSSR count). The van der Waals surface area contributed by atoms with Crippen molar-refractivity contribution in [1.29, 1.82) is 0 Å². The quantitative estimate of drug-likeness (QED) is 0.714. The summed E-state index contributed by atoms with van der Waals surface area (Å²) in [6.45, 7) is 2.42. The van der Waals surface area contributed by atoms with Crippen LogP contribution in [0.4, 0.5) is 0 Å². The predicted molar refractivity (Wildman–Crippen MR) is 88.2 cm³/mol. The highest BCUT2D eigenvalue weighted by Gasteiger charge is 2.61. The highest BCUT2D eigenvalue weighted by atomic mass is 32.2. The molecule has 4 saturated carbocycles. The maximum absolute atomic E-state index is 12.0. The Labute approximate surface area is 139 Å². The minimum absolute atomic E-state index is 0.207. The number of rotatable bonds is 1. The van der Waals surface area contributed by atoms with Crippen LogP contribution >= 0.6 is 0 Å². The number of aliphatic hydroxyl groups is 1. The number of hydrogen-bond donors (Lipinski definition) is 2. The summed E-state index contributed by atoms with van der Waals surface area (Å²) in [7, 11) is -4.43. The average molecular weight is 343 g/mol. The van der Waals surface area contributed by atoms with Crippen LogP contribution in [0.3, 0.4) is 0 Å². The molecule has 0 bridgehead atoms. The van der Waals surface area contributed by atoms with E-state index in [1.807, 2.05) is 0 Å². The fraction of sp³-hybridized carbons (Fsp3) is 1.00. The molecule has 0 aromatic rings. The summed E-state index contributed by atoms with van der Waals surface area (Å²) in [6.07, 6.45) is 10.2. The van der Waals surface area contributed by atoms with E-state index in [2.05, 4.69) is 6.92 Å². The molecular formula is C18H30O4S.